The predicted octanol–water partition coefficient (Wildman–Crippen LogP) is 2.30. The lowest BCUT2D eigenvalue weighted by Crippen LogP contribution is -2.18. The summed E-state index contributed by atoms with van der Waals surface area (Å²) in [5.74, 6) is 0. The monoisotopic (exact) mass is 280 g/mol. The van der Waals surface area contributed by atoms with E-state index in [4.69, 9.17) is 14.7 Å². The minimum atomic E-state index is 0.323. The van der Waals surface area contributed by atoms with Gasteiger partial charge in [-0.25, -0.2) is 0 Å². The standard InChI is InChI=1S/C14H20N2O2S/c15-9-13-4-5-14(19-13)10-16-6-2-7-17-11-12-3-1-8-18-12/h4-5,12,16H,1-3,6-8,10-11H2. The minimum Gasteiger partial charge on any atom is -0.379 e. The van der Waals surface area contributed by atoms with E-state index < -0.39 is 0 Å². The molecule has 0 aromatic carbocycles. The topological polar surface area (TPSA) is 54.3 Å². The van der Waals surface area contributed by atoms with Crippen LogP contribution < -0.4 is 5.32 Å². The number of nitriles is 1. The van der Waals surface area contributed by atoms with Crippen molar-refractivity contribution in [2.24, 2.45) is 0 Å². The molecular weight excluding hydrogens is 260 g/mol. The highest BCUT2D eigenvalue weighted by molar-refractivity contribution is 7.12. The van der Waals surface area contributed by atoms with E-state index in [0.29, 0.717) is 6.10 Å². The predicted molar refractivity (Wildman–Crippen MR) is 75.2 cm³/mol. The maximum Gasteiger partial charge on any atom is 0.110 e. The molecule has 1 N–H and O–H groups in total. The molecular formula is C14H20N2O2S. The highest BCUT2D eigenvalue weighted by Crippen LogP contribution is 2.14. The van der Waals surface area contributed by atoms with Gasteiger partial charge in [0.15, 0.2) is 0 Å². The Morgan fingerprint density at radius 1 is 1.53 bits per heavy atom. The van der Waals surface area contributed by atoms with Crippen LogP contribution in [0.15, 0.2) is 12.1 Å². The molecule has 0 saturated carbocycles. The Labute approximate surface area is 118 Å². The fraction of sp³-hybridized carbons (Fsp3) is 0.643. The Balaban J connectivity index is 1.44. The lowest BCUT2D eigenvalue weighted by atomic mass is 10.2. The summed E-state index contributed by atoms with van der Waals surface area (Å²) in [7, 11) is 0. The molecule has 1 unspecified atom stereocenters. The van der Waals surface area contributed by atoms with Crippen molar-refractivity contribution in [3.05, 3.63) is 21.9 Å². The van der Waals surface area contributed by atoms with Gasteiger partial charge in [0, 0.05) is 24.6 Å². The molecule has 1 aliphatic heterocycles. The van der Waals surface area contributed by atoms with Crippen LogP contribution in [0.2, 0.25) is 0 Å². The molecule has 2 heterocycles. The molecule has 1 atom stereocenters. The number of nitrogens with zero attached hydrogens (tertiary/aromatic N) is 1. The molecule has 1 aliphatic rings. The molecule has 2 rings (SSSR count). The van der Waals surface area contributed by atoms with Crippen molar-refractivity contribution in [1.29, 1.82) is 5.26 Å². The number of rotatable bonds is 8. The third-order valence-corrected chi connectivity index (χ3v) is 4.03. The molecule has 0 spiro atoms. The summed E-state index contributed by atoms with van der Waals surface area (Å²) in [5, 5.41) is 12.1. The average molecular weight is 280 g/mol. The molecule has 0 bridgehead atoms. The van der Waals surface area contributed by atoms with Gasteiger partial charge in [-0.05, 0) is 37.9 Å². The maximum absolute atomic E-state index is 8.72. The van der Waals surface area contributed by atoms with E-state index in [1.807, 2.05) is 12.1 Å². The van der Waals surface area contributed by atoms with Crippen molar-refractivity contribution in [3.8, 4) is 6.07 Å². The van der Waals surface area contributed by atoms with Gasteiger partial charge in [0.1, 0.15) is 10.9 Å². The zero-order chi connectivity index (χ0) is 13.3. The Hall–Kier alpha value is -0.930. The summed E-state index contributed by atoms with van der Waals surface area (Å²) in [4.78, 5) is 1.98. The van der Waals surface area contributed by atoms with Crippen LogP contribution in [0.5, 0.6) is 0 Å². The van der Waals surface area contributed by atoms with Gasteiger partial charge in [-0.2, -0.15) is 5.26 Å². The fourth-order valence-electron chi connectivity index (χ4n) is 2.03. The fourth-order valence-corrected chi connectivity index (χ4v) is 2.81. The van der Waals surface area contributed by atoms with Crippen LogP contribution in [-0.2, 0) is 16.0 Å². The van der Waals surface area contributed by atoms with Gasteiger partial charge >= 0.3 is 0 Å². The van der Waals surface area contributed by atoms with Crippen LogP contribution in [0.3, 0.4) is 0 Å². The van der Waals surface area contributed by atoms with Crippen molar-refractivity contribution in [1.82, 2.24) is 5.32 Å². The van der Waals surface area contributed by atoms with E-state index in [9.17, 15) is 0 Å². The highest BCUT2D eigenvalue weighted by Gasteiger charge is 2.14. The Kier molecular flexibility index (Phi) is 6.31. The van der Waals surface area contributed by atoms with Gasteiger partial charge < -0.3 is 14.8 Å². The van der Waals surface area contributed by atoms with Crippen LogP contribution in [0.1, 0.15) is 29.0 Å². The second-order valence-electron chi connectivity index (χ2n) is 4.62. The summed E-state index contributed by atoms with van der Waals surface area (Å²) in [6.07, 6.45) is 3.63. The average Bonchev–Trinajstić information content (AvgIpc) is 3.08. The van der Waals surface area contributed by atoms with Crippen LogP contribution in [-0.4, -0.2) is 32.5 Å². The smallest absolute Gasteiger partial charge is 0.110 e. The van der Waals surface area contributed by atoms with E-state index in [2.05, 4.69) is 11.4 Å². The molecule has 104 valence electrons. The summed E-state index contributed by atoms with van der Waals surface area (Å²) in [6.45, 7) is 4.17. The number of ether oxygens (including phenoxy) is 2. The Morgan fingerprint density at radius 3 is 3.21 bits per heavy atom. The number of hydrogen-bond acceptors (Lipinski definition) is 5. The van der Waals surface area contributed by atoms with E-state index in [1.165, 1.54) is 11.3 Å². The molecule has 0 aliphatic carbocycles. The third kappa shape index (κ3) is 5.29. The zero-order valence-electron chi connectivity index (χ0n) is 11.1. The van der Waals surface area contributed by atoms with Crippen molar-refractivity contribution in [3.63, 3.8) is 0 Å². The molecule has 5 heteroatoms. The molecule has 0 radical (unpaired) electrons. The number of thiophene rings is 1. The summed E-state index contributed by atoms with van der Waals surface area (Å²) >= 11 is 1.55. The molecule has 1 fully saturated rings. The first-order chi connectivity index (χ1) is 9.38. The summed E-state index contributed by atoms with van der Waals surface area (Å²) in [6, 6.07) is 6.02. The van der Waals surface area contributed by atoms with Crippen molar-refractivity contribution in [2.75, 3.05) is 26.4 Å². The van der Waals surface area contributed by atoms with E-state index >= 15 is 0 Å². The first-order valence-electron chi connectivity index (χ1n) is 6.77. The van der Waals surface area contributed by atoms with Crippen LogP contribution in [0.4, 0.5) is 0 Å². The molecule has 4 nitrogen and oxygen atoms in total. The van der Waals surface area contributed by atoms with Crippen molar-refractivity contribution in [2.45, 2.75) is 31.9 Å². The van der Waals surface area contributed by atoms with Gasteiger partial charge in [-0.1, -0.05) is 0 Å². The number of nitrogens with one attached hydrogen (secondary N) is 1. The van der Waals surface area contributed by atoms with Crippen LogP contribution in [0, 0.1) is 11.3 Å². The quantitative estimate of drug-likeness (QED) is 0.742. The molecule has 1 saturated heterocycles. The lowest BCUT2D eigenvalue weighted by Gasteiger charge is -2.10. The van der Waals surface area contributed by atoms with Crippen molar-refractivity contribution >= 4 is 11.3 Å². The minimum absolute atomic E-state index is 0.323. The molecule has 1 aromatic heterocycles. The van der Waals surface area contributed by atoms with E-state index in [1.54, 1.807) is 11.3 Å². The Morgan fingerprint density at radius 2 is 2.47 bits per heavy atom. The summed E-state index contributed by atoms with van der Waals surface area (Å²) < 4.78 is 11.1. The van der Waals surface area contributed by atoms with Gasteiger partial charge in [0.2, 0.25) is 0 Å². The number of hydrogen-bond donors (Lipinski definition) is 1. The van der Waals surface area contributed by atoms with Gasteiger partial charge in [0.05, 0.1) is 12.7 Å². The van der Waals surface area contributed by atoms with Gasteiger partial charge in [-0.3, -0.25) is 0 Å². The van der Waals surface area contributed by atoms with Gasteiger partial charge in [-0.15, -0.1) is 11.3 Å². The zero-order valence-corrected chi connectivity index (χ0v) is 11.9. The van der Waals surface area contributed by atoms with Gasteiger partial charge in [0.25, 0.3) is 0 Å². The summed E-state index contributed by atoms with van der Waals surface area (Å²) in [5.41, 5.74) is 0. The largest absolute Gasteiger partial charge is 0.379 e. The second kappa shape index (κ2) is 8.28. The SMILES string of the molecule is N#Cc1ccc(CNCCCOCC2CCCO2)s1. The van der Waals surface area contributed by atoms with E-state index in [-0.39, 0.29) is 0 Å². The third-order valence-electron chi connectivity index (χ3n) is 3.04. The lowest BCUT2D eigenvalue weighted by molar-refractivity contribution is 0.0166. The highest BCUT2D eigenvalue weighted by atomic mass is 32.1. The molecule has 1 aromatic rings. The Bertz CT molecular complexity index is 408. The first kappa shape index (κ1) is 14.5. The molecule has 19 heavy (non-hydrogen) atoms. The van der Waals surface area contributed by atoms with Crippen molar-refractivity contribution < 1.29 is 9.47 Å². The molecule has 0 amide bonds. The second-order valence-corrected chi connectivity index (χ2v) is 5.79. The van der Waals surface area contributed by atoms with E-state index in [0.717, 1.165) is 50.6 Å². The normalized spacial score (nSPS) is 18.6. The first-order valence-corrected chi connectivity index (χ1v) is 7.59. The van der Waals surface area contributed by atoms with Crippen LogP contribution in [0.25, 0.3) is 0 Å². The maximum atomic E-state index is 8.72. The van der Waals surface area contributed by atoms with Crippen LogP contribution >= 0.6 is 11.3 Å².